The van der Waals surface area contributed by atoms with E-state index in [-0.39, 0.29) is 11.3 Å². The Morgan fingerprint density at radius 1 is 1.25 bits per heavy atom. The van der Waals surface area contributed by atoms with Crippen LogP contribution >= 0.6 is 11.3 Å². The second kappa shape index (κ2) is 8.58. The molecule has 0 aliphatic carbocycles. The number of ether oxygens (including phenoxy) is 2. The Morgan fingerprint density at radius 3 is 2.64 bits per heavy atom. The van der Waals surface area contributed by atoms with Gasteiger partial charge in [-0.15, -0.1) is 11.3 Å². The van der Waals surface area contributed by atoms with E-state index in [0.717, 1.165) is 10.4 Å². The Hall–Kier alpha value is -2.64. The molecule has 0 spiro atoms. The minimum Gasteiger partial charge on any atom is -0.507 e. The van der Waals surface area contributed by atoms with Crippen molar-refractivity contribution in [3.05, 3.63) is 57.3 Å². The molecule has 0 saturated carbocycles. The molecule has 1 N–H and O–H groups in total. The van der Waals surface area contributed by atoms with Gasteiger partial charge in [0.15, 0.2) is 0 Å². The van der Waals surface area contributed by atoms with E-state index in [2.05, 4.69) is 0 Å². The van der Waals surface area contributed by atoms with E-state index in [9.17, 15) is 14.7 Å². The molecule has 0 radical (unpaired) electrons. The molecule has 1 fully saturated rings. The lowest BCUT2D eigenvalue weighted by Crippen LogP contribution is -2.31. The number of carbonyl (C=O) groups excluding carboxylic acids is 2. The fourth-order valence-corrected chi connectivity index (χ4v) is 4.26. The van der Waals surface area contributed by atoms with Crippen LogP contribution in [0.4, 0.5) is 0 Å². The fourth-order valence-electron chi connectivity index (χ4n) is 3.41. The van der Waals surface area contributed by atoms with Crippen LogP contribution in [0.1, 0.15) is 28.5 Å². The van der Waals surface area contributed by atoms with Crippen molar-refractivity contribution >= 4 is 28.8 Å². The number of benzene rings is 1. The van der Waals surface area contributed by atoms with Crippen molar-refractivity contribution in [3.8, 4) is 5.75 Å². The van der Waals surface area contributed by atoms with Crippen LogP contribution in [-0.2, 0) is 14.3 Å². The molecule has 28 heavy (non-hydrogen) atoms. The molecule has 1 aliphatic rings. The Balaban J connectivity index is 2.08. The number of aryl methyl sites for hydroxylation is 1. The lowest BCUT2D eigenvalue weighted by atomic mass is 9.98. The minimum atomic E-state index is -0.665. The van der Waals surface area contributed by atoms with Gasteiger partial charge in [0.2, 0.25) is 0 Å². The molecule has 7 heteroatoms. The SMILES string of the molecule is COCCCN1C(=O)C(=O)C(=C(O)c2ccc(OC)c(C)c2)[C@H]1c1cccs1. The lowest BCUT2D eigenvalue weighted by Gasteiger charge is -2.24. The summed E-state index contributed by atoms with van der Waals surface area (Å²) in [6.45, 7) is 2.72. The molecule has 148 valence electrons. The number of ketones is 1. The van der Waals surface area contributed by atoms with E-state index in [1.165, 1.54) is 16.2 Å². The first-order chi connectivity index (χ1) is 13.5. The van der Waals surface area contributed by atoms with Crippen LogP contribution in [0.5, 0.6) is 5.75 Å². The maximum atomic E-state index is 12.8. The molecule has 2 aromatic rings. The number of nitrogens with zero attached hydrogens (tertiary/aromatic N) is 1. The smallest absolute Gasteiger partial charge is 0.295 e. The minimum absolute atomic E-state index is 0.120. The molecule has 1 aromatic heterocycles. The molecule has 1 aliphatic heterocycles. The van der Waals surface area contributed by atoms with Gasteiger partial charge in [-0.25, -0.2) is 0 Å². The number of likely N-dealkylation sites (tertiary alicyclic amines) is 1. The van der Waals surface area contributed by atoms with Crippen LogP contribution in [0.3, 0.4) is 0 Å². The number of hydrogen-bond acceptors (Lipinski definition) is 6. The number of carbonyl (C=O) groups is 2. The largest absolute Gasteiger partial charge is 0.507 e. The standard InChI is InChI=1S/C21H23NO5S/c1-13-12-14(7-8-15(13)27-3)19(23)17-18(16-6-4-11-28-16)22(9-5-10-26-2)21(25)20(17)24/h4,6-8,11-12,18,23H,5,9-10H2,1-3H3/t18-/m1/s1. The van der Waals surface area contributed by atoms with Crippen LogP contribution in [0.2, 0.25) is 0 Å². The second-order valence-electron chi connectivity index (χ2n) is 6.54. The molecule has 1 amide bonds. The highest BCUT2D eigenvalue weighted by Gasteiger charge is 2.46. The number of rotatable bonds is 7. The van der Waals surface area contributed by atoms with Gasteiger partial charge in [-0.1, -0.05) is 6.07 Å². The van der Waals surface area contributed by atoms with E-state index >= 15 is 0 Å². The number of amides is 1. The number of Topliss-reactive ketones (excluding diaryl/α,β-unsaturated/α-hetero) is 1. The fraction of sp³-hybridized carbons (Fsp3) is 0.333. The van der Waals surface area contributed by atoms with Gasteiger partial charge in [0.1, 0.15) is 11.5 Å². The van der Waals surface area contributed by atoms with Crippen molar-refractivity contribution < 1.29 is 24.2 Å². The van der Waals surface area contributed by atoms with Crippen LogP contribution in [0.25, 0.3) is 5.76 Å². The summed E-state index contributed by atoms with van der Waals surface area (Å²) in [4.78, 5) is 27.9. The third kappa shape index (κ3) is 3.68. The quantitative estimate of drug-likeness (QED) is 0.332. The van der Waals surface area contributed by atoms with Gasteiger partial charge in [-0.3, -0.25) is 9.59 Å². The van der Waals surface area contributed by atoms with Gasteiger partial charge in [0.25, 0.3) is 11.7 Å². The summed E-state index contributed by atoms with van der Waals surface area (Å²) in [5.41, 5.74) is 1.43. The Bertz CT molecular complexity index is 904. The molecule has 3 rings (SSSR count). The second-order valence-corrected chi connectivity index (χ2v) is 7.52. The summed E-state index contributed by atoms with van der Waals surface area (Å²) in [5.74, 6) is -0.744. The summed E-state index contributed by atoms with van der Waals surface area (Å²) in [7, 11) is 3.17. The summed E-state index contributed by atoms with van der Waals surface area (Å²) < 4.78 is 10.3. The van der Waals surface area contributed by atoms with Gasteiger partial charge < -0.3 is 19.5 Å². The first kappa shape index (κ1) is 20.1. The van der Waals surface area contributed by atoms with Gasteiger partial charge in [-0.2, -0.15) is 0 Å². The van der Waals surface area contributed by atoms with Crippen molar-refractivity contribution in [3.63, 3.8) is 0 Å². The van der Waals surface area contributed by atoms with Crippen LogP contribution in [-0.4, -0.2) is 49.1 Å². The van der Waals surface area contributed by atoms with Crippen molar-refractivity contribution in [2.24, 2.45) is 0 Å². The van der Waals surface area contributed by atoms with Crippen molar-refractivity contribution in [2.45, 2.75) is 19.4 Å². The van der Waals surface area contributed by atoms with Gasteiger partial charge in [0.05, 0.1) is 18.7 Å². The summed E-state index contributed by atoms with van der Waals surface area (Å²) in [6.07, 6.45) is 0.604. The van der Waals surface area contributed by atoms with E-state index < -0.39 is 17.7 Å². The predicted octanol–water partition coefficient (Wildman–Crippen LogP) is 3.52. The number of methoxy groups -OCH3 is 2. The van der Waals surface area contributed by atoms with E-state index in [4.69, 9.17) is 9.47 Å². The number of thiophene rings is 1. The third-order valence-electron chi connectivity index (χ3n) is 4.77. The third-order valence-corrected chi connectivity index (χ3v) is 5.69. The number of aliphatic hydroxyl groups is 1. The van der Waals surface area contributed by atoms with Crippen LogP contribution in [0.15, 0.2) is 41.3 Å². The summed E-state index contributed by atoms with van der Waals surface area (Å²) in [6, 6.07) is 8.31. The molecule has 0 bridgehead atoms. The summed E-state index contributed by atoms with van der Waals surface area (Å²) >= 11 is 1.45. The molecule has 1 atom stereocenters. The molecule has 2 heterocycles. The van der Waals surface area contributed by atoms with E-state index in [1.807, 2.05) is 24.4 Å². The zero-order valence-electron chi connectivity index (χ0n) is 16.1. The molecule has 0 unspecified atom stereocenters. The Morgan fingerprint density at radius 2 is 2.04 bits per heavy atom. The first-order valence-corrected chi connectivity index (χ1v) is 9.83. The average Bonchev–Trinajstić information content (AvgIpc) is 3.30. The number of hydrogen-bond donors (Lipinski definition) is 1. The van der Waals surface area contributed by atoms with Crippen LogP contribution < -0.4 is 4.74 Å². The average molecular weight is 401 g/mol. The van der Waals surface area contributed by atoms with Crippen molar-refractivity contribution in [2.75, 3.05) is 27.4 Å². The topological polar surface area (TPSA) is 76.1 Å². The van der Waals surface area contributed by atoms with E-state index in [0.29, 0.717) is 30.9 Å². The highest BCUT2D eigenvalue weighted by atomic mass is 32.1. The lowest BCUT2D eigenvalue weighted by molar-refractivity contribution is -0.140. The monoisotopic (exact) mass is 401 g/mol. The molecule has 6 nitrogen and oxygen atoms in total. The van der Waals surface area contributed by atoms with Gasteiger partial charge in [0, 0.05) is 30.7 Å². The summed E-state index contributed by atoms with van der Waals surface area (Å²) in [5, 5.41) is 12.9. The van der Waals surface area contributed by atoms with Crippen molar-refractivity contribution in [1.82, 2.24) is 4.90 Å². The van der Waals surface area contributed by atoms with Crippen molar-refractivity contribution in [1.29, 1.82) is 0 Å². The molecule has 1 aromatic carbocycles. The van der Waals surface area contributed by atoms with Crippen LogP contribution in [0, 0.1) is 6.92 Å². The zero-order valence-corrected chi connectivity index (χ0v) is 16.9. The Labute approximate surface area is 168 Å². The van der Waals surface area contributed by atoms with Gasteiger partial charge in [-0.05, 0) is 48.6 Å². The predicted molar refractivity (Wildman–Crippen MR) is 108 cm³/mol. The zero-order chi connectivity index (χ0) is 20.3. The molecular formula is C21H23NO5S. The maximum absolute atomic E-state index is 12.8. The Kier molecular flexibility index (Phi) is 6.16. The highest BCUT2D eigenvalue weighted by molar-refractivity contribution is 7.10. The molecular weight excluding hydrogens is 378 g/mol. The maximum Gasteiger partial charge on any atom is 0.295 e. The van der Waals surface area contributed by atoms with Gasteiger partial charge >= 0.3 is 0 Å². The molecule has 1 saturated heterocycles. The normalized spacial score (nSPS) is 18.7. The first-order valence-electron chi connectivity index (χ1n) is 8.95. The van der Waals surface area contributed by atoms with E-state index in [1.54, 1.807) is 32.4 Å². The highest BCUT2D eigenvalue weighted by Crippen LogP contribution is 2.41. The number of aliphatic hydroxyl groups excluding tert-OH is 1.